The van der Waals surface area contributed by atoms with Crippen LogP contribution in [0, 0.1) is 23.7 Å². The molecule has 4 heterocycles. The first-order valence-corrected chi connectivity index (χ1v) is 16.7. The molecule has 2 bridgehead atoms. The number of ether oxygens (including phenoxy) is 6. The van der Waals surface area contributed by atoms with Crippen molar-refractivity contribution in [3.63, 3.8) is 0 Å². The lowest BCUT2D eigenvalue weighted by atomic mass is 9.65. The monoisotopic (exact) mass is 684 g/mol. The van der Waals surface area contributed by atoms with Gasteiger partial charge in [-0.1, -0.05) is 31.6 Å². The van der Waals surface area contributed by atoms with Crippen LogP contribution in [0.2, 0.25) is 0 Å². The van der Waals surface area contributed by atoms with E-state index < -0.39 is 60.0 Å². The molecule has 13 nitrogen and oxygen atoms in total. The van der Waals surface area contributed by atoms with Gasteiger partial charge in [0, 0.05) is 38.7 Å². The topological polar surface area (TPSA) is 165 Å². The number of aliphatic hydroxyl groups is 2. The highest BCUT2D eigenvalue weighted by atomic mass is 16.7. The summed E-state index contributed by atoms with van der Waals surface area (Å²) in [7, 11) is 1.84. The number of allylic oxidation sites excluding steroid dienone is 3. The molecule has 49 heavy (non-hydrogen) atoms. The average Bonchev–Trinajstić information content (AvgIpc) is 3.59. The van der Waals surface area contributed by atoms with Crippen molar-refractivity contribution in [2.75, 3.05) is 13.2 Å². The van der Waals surface area contributed by atoms with Crippen LogP contribution in [-0.2, 0) is 49.9 Å². The molecule has 0 spiro atoms. The molecule has 4 aliphatic rings. The van der Waals surface area contributed by atoms with Gasteiger partial charge in [-0.05, 0) is 68.6 Å². The maximum absolute atomic E-state index is 13.2. The number of esters is 3. The van der Waals surface area contributed by atoms with E-state index in [0.717, 1.165) is 12.0 Å². The van der Waals surface area contributed by atoms with Crippen LogP contribution in [0.4, 0.5) is 0 Å². The van der Waals surface area contributed by atoms with Crippen molar-refractivity contribution < 1.29 is 53.0 Å². The molecular weight excluding hydrogens is 636 g/mol. The van der Waals surface area contributed by atoms with Gasteiger partial charge in [0.1, 0.15) is 17.8 Å². The molecule has 2 unspecified atom stereocenters. The lowest BCUT2D eigenvalue weighted by Crippen LogP contribution is -2.57. The van der Waals surface area contributed by atoms with E-state index >= 15 is 0 Å². The Morgan fingerprint density at radius 2 is 1.86 bits per heavy atom. The molecule has 2 N–H and O–H groups in total. The summed E-state index contributed by atoms with van der Waals surface area (Å²) in [5.41, 5.74) is 0.918. The van der Waals surface area contributed by atoms with Gasteiger partial charge >= 0.3 is 17.9 Å². The SMILES string of the molecule is CC(=O)O[C@@H]1[C@H](OC/C2=C/[C@@H]3[C@@H](C(C)C)CC=C(C)[C@@H]3C[C@H](OC(=O)/C=C/c3cn(C)cn3)C3(C)C=CC2(O)O3)OC[C@@H](O)[C@H]1OC(C)=O. The highest BCUT2D eigenvalue weighted by Gasteiger charge is 2.53. The Balaban J connectivity index is 1.47. The number of aromatic nitrogens is 2. The lowest BCUT2D eigenvalue weighted by Gasteiger charge is -2.41. The number of aryl methyl sites for hydroxylation is 1. The van der Waals surface area contributed by atoms with Crippen LogP contribution >= 0.6 is 0 Å². The van der Waals surface area contributed by atoms with Gasteiger partial charge in [-0.3, -0.25) is 9.59 Å². The van der Waals surface area contributed by atoms with Crippen LogP contribution in [-0.4, -0.2) is 93.0 Å². The molecular formula is C36H48N2O11. The average molecular weight is 685 g/mol. The van der Waals surface area contributed by atoms with Gasteiger partial charge in [-0.25, -0.2) is 9.78 Å². The van der Waals surface area contributed by atoms with Crippen molar-refractivity contribution in [1.29, 1.82) is 0 Å². The Labute approximate surface area is 286 Å². The maximum atomic E-state index is 13.2. The van der Waals surface area contributed by atoms with Crippen LogP contribution in [0.15, 0.2) is 54.1 Å². The molecule has 1 aliphatic carbocycles. The molecule has 268 valence electrons. The first kappa shape index (κ1) is 36.7. The molecule has 0 aromatic carbocycles. The summed E-state index contributed by atoms with van der Waals surface area (Å²) in [6.45, 7) is 10.1. The normalized spacial score (nSPS) is 36.9. The highest BCUT2D eigenvalue weighted by molar-refractivity contribution is 5.86. The second-order valence-corrected chi connectivity index (χ2v) is 14.0. The molecule has 3 aliphatic heterocycles. The molecule has 1 aromatic rings. The number of rotatable bonds is 9. The van der Waals surface area contributed by atoms with Crippen molar-refractivity contribution in [1.82, 2.24) is 9.55 Å². The minimum atomic E-state index is -1.95. The molecule has 5 rings (SSSR count). The van der Waals surface area contributed by atoms with Crippen molar-refractivity contribution in [3.05, 3.63) is 59.7 Å². The van der Waals surface area contributed by atoms with E-state index in [1.165, 1.54) is 26.0 Å². The van der Waals surface area contributed by atoms with E-state index in [1.54, 1.807) is 36.2 Å². The van der Waals surface area contributed by atoms with Crippen LogP contribution in [0.3, 0.4) is 0 Å². The number of aliphatic hydroxyl groups excluding tert-OH is 1. The summed E-state index contributed by atoms with van der Waals surface area (Å²) in [5.74, 6) is -3.57. The van der Waals surface area contributed by atoms with E-state index in [9.17, 15) is 24.6 Å². The smallest absolute Gasteiger partial charge is 0.331 e. The van der Waals surface area contributed by atoms with Gasteiger partial charge in [0.05, 0.1) is 25.2 Å². The fourth-order valence-corrected chi connectivity index (χ4v) is 7.27. The number of hydrogen-bond donors (Lipinski definition) is 2. The molecule has 1 aromatic heterocycles. The standard InChI is InChI=1S/C36H48N2O11/c1-20(2)26-10-8-21(3)27-15-30(48-31(42)11-9-25-16-38(7)19-37-25)35(6)12-13-36(43,49-35)24(14-28(26)27)17-44-34-33(47-23(5)40)32(46-22(4)39)29(41)18-45-34/h8-9,11-14,16,19-20,26-30,32-34,41,43H,10,15,17-18H2,1-7H3/b11-9+,24-14-/t26-,27+,28-,29-,30+,32-,33+,34-,35?,36?/m1/s1. The van der Waals surface area contributed by atoms with Crippen molar-refractivity contribution in [2.24, 2.45) is 30.7 Å². The molecule has 0 amide bonds. The fraction of sp³-hybridized carbons (Fsp3) is 0.611. The molecule has 13 heteroatoms. The van der Waals surface area contributed by atoms with Gasteiger partial charge in [0.15, 0.2) is 18.5 Å². The van der Waals surface area contributed by atoms with Crippen molar-refractivity contribution >= 4 is 24.0 Å². The summed E-state index contributed by atoms with van der Waals surface area (Å²) in [5, 5.41) is 22.7. The summed E-state index contributed by atoms with van der Waals surface area (Å²) < 4.78 is 37.0. The van der Waals surface area contributed by atoms with E-state index in [-0.39, 0.29) is 36.9 Å². The highest BCUT2D eigenvalue weighted by Crippen LogP contribution is 2.49. The number of nitrogens with zero attached hydrogens (tertiary/aromatic N) is 2. The molecule has 1 fully saturated rings. The van der Waals surface area contributed by atoms with E-state index in [0.29, 0.717) is 17.7 Å². The third-order valence-corrected chi connectivity index (χ3v) is 9.87. The second kappa shape index (κ2) is 14.7. The van der Waals surface area contributed by atoms with E-state index in [4.69, 9.17) is 28.4 Å². The predicted molar refractivity (Wildman–Crippen MR) is 175 cm³/mol. The van der Waals surface area contributed by atoms with Crippen molar-refractivity contribution in [3.8, 4) is 0 Å². The molecule has 10 atom stereocenters. The van der Waals surface area contributed by atoms with Gasteiger partial charge in [-0.15, -0.1) is 0 Å². The quantitative estimate of drug-likeness (QED) is 0.169. The minimum Gasteiger partial charge on any atom is -0.456 e. The largest absolute Gasteiger partial charge is 0.456 e. The Kier molecular flexibility index (Phi) is 11.0. The Bertz CT molecular complexity index is 1530. The first-order valence-electron chi connectivity index (χ1n) is 16.7. The van der Waals surface area contributed by atoms with Gasteiger partial charge in [-0.2, -0.15) is 0 Å². The van der Waals surface area contributed by atoms with E-state index in [2.05, 4.69) is 31.8 Å². The summed E-state index contributed by atoms with van der Waals surface area (Å²) in [6.07, 6.45) is 9.28. The predicted octanol–water partition coefficient (Wildman–Crippen LogP) is 3.16. The zero-order valence-electron chi connectivity index (χ0n) is 29.1. The summed E-state index contributed by atoms with van der Waals surface area (Å²) in [4.78, 5) is 41.3. The van der Waals surface area contributed by atoms with Crippen LogP contribution < -0.4 is 0 Å². The lowest BCUT2D eigenvalue weighted by molar-refractivity contribution is -0.279. The fourth-order valence-electron chi connectivity index (χ4n) is 7.27. The van der Waals surface area contributed by atoms with Gasteiger partial charge in [0.25, 0.3) is 0 Å². The van der Waals surface area contributed by atoms with Crippen LogP contribution in [0.25, 0.3) is 6.08 Å². The first-order chi connectivity index (χ1) is 23.1. The number of imidazole rings is 1. The Morgan fingerprint density at radius 3 is 2.51 bits per heavy atom. The number of carbonyl (C=O) groups excluding carboxylic acids is 3. The third-order valence-electron chi connectivity index (χ3n) is 9.87. The molecule has 1 saturated heterocycles. The number of hydrogen-bond acceptors (Lipinski definition) is 12. The number of carbonyl (C=O) groups is 3. The maximum Gasteiger partial charge on any atom is 0.331 e. The van der Waals surface area contributed by atoms with Gasteiger partial charge in [0.2, 0.25) is 5.79 Å². The van der Waals surface area contributed by atoms with Gasteiger partial charge < -0.3 is 43.2 Å². The van der Waals surface area contributed by atoms with Crippen LogP contribution in [0.5, 0.6) is 0 Å². The second-order valence-electron chi connectivity index (χ2n) is 14.0. The zero-order chi connectivity index (χ0) is 35.7. The molecule has 0 radical (unpaired) electrons. The zero-order valence-corrected chi connectivity index (χ0v) is 29.1. The number of fused-ring (bicyclic) bond motifs is 3. The summed E-state index contributed by atoms with van der Waals surface area (Å²) in [6, 6.07) is 0. The van der Waals surface area contributed by atoms with Crippen molar-refractivity contribution in [2.45, 2.75) is 96.5 Å². The van der Waals surface area contributed by atoms with E-state index in [1.807, 2.05) is 13.1 Å². The summed E-state index contributed by atoms with van der Waals surface area (Å²) >= 11 is 0. The minimum absolute atomic E-state index is 0.0614. The third kappa shape index (κ3) is 8.24. The Hall–Kier alpha value is -3.62. The van der Waals surface area contributed by atoms with Crippen LogP contribution in [0.1, 0.15) is 60.1 Å². The Morgan fingerprint density at radius 1 is 1.14 bits per heavy atom. The molecule has 0 saturated carbocycles.